The molecule has 0 aliphatic heterocycles. The molecule has 0 amide bonds. The minimum Gasteiger partial charge on any atom is -0.463 e. The third-order valence-corrected chi connectivity index (χ3v) is 5.32. The fourth-order valence-electron chi connectivity index (χ4n) is 2.85. The molecule has 0 saturated heterocycles. The third-order valence-electron chi connectivity index (χ3n) is 4.51. The number of nitrogens with two attached hydrogens (primary N) is 1. The largest absolute Gasteiger partial charge is 0.463 e. The van der Waals surface area contributed by atoms with Gasteiger partial charge < -0.3 is 24.4 Å². The van der Waals surface area contributed by atoms with E-state index in [1.54, 1.807) is 0 Å². The fourth-order valence-corrected chi connectivity index (χ4v) is 3.42. The van der Waals surface area contributed by atoms with E-state index < -0.39 is 8.60 Å². The van der Waals surface area contributed by atoms with Crippen molar-refractivity contribution in [1.82, 2.24) is 0 Å². The molecule has 0 radical (unpaired) electrons. The molecule has 0 aromatic rings. The molecule has 0 aliphatic carbocycles. The summed E-state index contributed by atoms with van der Waals surface area (Å²) in [6.45, 7) is 3.09. The predicted molar refractivity (Wildman–Crippen MR) is 121 cm³/mol. The second kappa shape index (κ2) is 23.8. The smallest absolute Gasteiger partial charge is 0.330 e. The van der Waals surface area contributed by atoms with Crippen LogP contribution in [0.2, 0.25) is 0 Å². The van der Waals surface area contributed by atoms with Crippen LogP contribution < -0.4 is 5.73 Å². The number of carbonyl (C=O) groups excluding carboxylic acids is 1. The van der Waals surface area contributed by atoms with E-state index in [4.69, 9.17) is 19.5 Å². The zero-order chi connectivity index (χ0) is 21.4. The first kappa shape index (κ1) is 28.5. The van der Waals surface area contributed by atoms with Crippen LogP contribution in [0.25, 0.3) is 0 Å². The van der Waals surface area contributed by atoms with E-state index >= 15 is 0 Å². The van der Waals surface area contributed by atoms with Crippen molar-refractivity contribution in [3.8, 4) is 0 Å². The van der Waals surface area contributed by atoms with E-state index in [0.29, 0.717) is 13.0 Å². The van der Waals surface area contributed by atoms with Crippen molar-refractivity contribution in [3.63, 3.8) is 0 Å². The Bertz CT molecular complexity index is 382. The van der Waals surface area contributed by atoms with E-state index in [-0.39, 0.29) is 25.8 Å². The predicted octanol–water partition coefficient (Wildman–Crippen LogP) is 5.78. The highest BCUT2D eigenvalue weighted by atomic mass is 31.2. The highest BCUT2D eigenvalue weighted by Gasteiger charge is 2.07. The summed E-state index contributed by atoms with van der Waals surface area (Å²) in [5.41, 5.74) is 5.25. The topological polar surface area (TPSA) is 91.0 Å². The molecular formula is C22H44NO5P. The first-order valence-corrected chi connectivity index (χ1v) is 12.6. The summed E-state index contributed by atoms with van der Waals surface area (Å²) in [7, 11) is -1.92. The van der Waals surface area contributed by atoms with Gasteiger partial charge in [-0.3, -0.25) is 4.79 Å². The summed E-state index contributed by atoms with van der Waals surface area (Å²) in [6.07, 6.45) is 21.2. The number of carbonyl (C=O) groups is 1. The molecule has 0 spiro atoms. The highest BCUT2D eigenvalue weighted by Crippen LogP contribution is 2.31. The van der Waals surface area contributed by atoms with Crippen LogP contribution in [0.15, 0.2) is 12.2 Å². The summed E-state index contributed by atoms with van der Waals surface area (Å²) in [5.74, 6) is -0.212. The molecular weight excluding hydrogens is 389 g/mol. The van der Waals surface area contributed by atoms with Crippen LogP contribution in [0.1, 0.15) is 96.8 Å². The van der Waals surface area contributed by atoms with Crippen LogP contribution >= 0.6 is 8.60 Å². The molecule has 0 bridgehead atoms. The SMILES string of the molecule is CCCCCCCC/C=C\CCCCCCCC(=O)OCCOP(O)OCCN. The van der Waals surface area contributed by atoms with Crippen LogP contribution in [-0.2, 0) is 18.6 Å². The van der Waals surface area contributed by atoms with Crippen molar-refractivity contribution in [2.75, 3.05) is 26.4 Å². The molecule has 0 aromatic carbocycles. The molecule has 0 heterocycles. The Balaban J connectivity index is 3.27. The standard InChI is InChI=1S/C22H44NO5P/c1-2-3-4-5-6-7-8-9-10-11-12-13-14-15-16-17-22(24)26-20-21-28-29(25)27-19-18-23/h9-10,25H,2-8,11-21,23H2,1H3/b10-9-. The van der Waals surface area contributed by atoms with Crippen LogP contribution in [0.5, 0.6) is 0 Å². The average Bonchev–Trinajstić information content (AvgIpc) is 2.72. The molecule has 172 valence electrons. The van der Waals surface area contributed by atoms with Gasteiger partial charge in [-0.05, 0) is 32.1 Å². The molecule has 0 aliphatic rings. The molecule has 1 atom stereocenters. The Hall–Kier alpha value is -0.520. The van der Waals surface area contributed by atoms with Crippen molar-refractivity contribution in [2.24, 2.45) is 5.73 Å². The minimum atomic E-state index is -1.92. The monoisotopic (exact) mass is 433 g/mol. The summed E-state index contributed by atoms with van der Waals surface area (Å²) in [5, 5.41) is 0. The summed E-state index contributed by atoms with van der Waals surface area (Å²) in [6, 6.07) is 0. The number of ether oxygens (including phenoxy) is 1. The lowest BCUT2D eigenvalue weighted by Gasteiger charge is -2.10. The number of esters is 1. The van der Waals surface area contributed by atoms with Gasteiger partial charge in [0.05, 0.1) is 13.2 Å². The zero-order valence-electron chi connectivity index (χ0n) is 18.5. The second-order valence-corrected chi connectivity index (χ2v) is 8.24. The van der Waals surface area contributed by atoms with Gasteiger partial charge in [0.1, 0.15) is 6.61 Å². The number of rotatable bonds is 22. The van der Waals surface area contributed by atoms with Gasteiger partial charge in [-0.25, -0.2) is 0 Å². The van der Waals surface area contributed by atoms with Gasteiger partial charge in [0, 0.05) is 13.0 Å². The van der Waals surface area contributed by atoms with E-state index in [0.717, 1.165) is 19.3 Å². The van der Waals surface area contributed by atoms with Gasteiger partial charge in [0.15, 0.2) is 0 Å². The Morgan fingerprint density at radius 1 is 0.828 bits per heavy atom. The van der Waals surface area contributed by atoms with Gasteiger partial charge in [0.2, 0.25) is 0 Å². The molecule has 29 heavy (non-hydrogen) atoms. The molecule has 7 heteroatoms. The molecule has 0 saturated carbocycles. The number of hydrogen-bond donors (Lipinski definition) is 2. The lowest BCUT2D eigenvalue weighted by atomic mass is 10.1. The highest BCUT2D eigenvalue weighted by molar-refractivity contribution is 7.40. The third kappa shape index (κ3) is 23.6. The van der Waals surface area contributed by atoms with Crippen LogP contribution in [-0.4, -0.2) is 37.2 Å². The number of allylic oxidation sites excluding steroid dienone is 2. The van der Waals surface area contributed by atoms with E-state index in [2.05, 4.69) is 19.1 Å². The first-order chi connectivity index (χ1) is 14.2. The van der Waals surface area contributed by atoms with Crippen LogP contribution in [0.3, 0.4) is 0 Å². The zero-order valence-corrected chi connectivity index (χ0v) is 19.4. The van der Waals surface area contributed by atoms with Gasteiger partial charge >= 0.3 is 14.6 Å². The second-order valence-electron chi connectivity index (χ2n) is 7.25. The van der Waals surface area contributed by atoms with Gasteiger partial charge in [-0.15, -0.1) is 0 Å². The molecule has 3 N–H and O–H groups in total. The average molecular weight is 434 g/mol. The Kier molecular flexibility index (Phi) is 23.3. The summed E-state index contributed by atoms with van der Waals surface area (Å²) < 4.78 is 14.9. The Labute approximate surface area is 179 Å². The van der Waals surface area contributed by atoms with Crippen molar-refractivity contribution in [3.05, 3.63) is 12.2 Å². The fraction of sp³-hybridized carbons (Fsp3) is 0.864. The quantitative estimate of drug-likeness (QED) is 0.0973. The Morgan fingerprint density at radius 2 is 1.38 bits per heavy atom. The van der Waals surface area contributed by atoms with E-state index in [1.807, 2.05) is 0 Å². The first-order valence-electron chi connectivity index (χ1n) is 11.5. The number of hydrogen-bond acceptors (Lipinski definition) is 6. The Morgan fingerprint density at radius 3 is 2.00 bits per heavy atom. The summed E-state index contributed by atoms with van der Waals surface area (Å²) in [4.78, 5) is 20.9. The minimum absolute atomic E-state index is 0.130. The van der Waals surface area contributed by atoms with E-state index in [9.17, 15) is 9.69 Å². The van der Waals surface area contributed by atoms with E-state index in [1.165, 1.54) is 64.2 Å². The maximum atomic E-state index is 11.6. The molecule has 6 nitrogen and oxygen atoms in total. The number of unbranched alkanes of at least 4 members (excludes halogenated alkanes) is 11. The van der Waals surface area contributed by atoms with Crippen LogP contribution in [0.4, 0.5) is 0 Å². The van der Waals surface area contributed by atoms with Crippen LogP contribution in [0, 0.1) is 0 Å². The van der Waals surface area contributed by atoms with Crippen molar-refractivity contribution >= 4 is 14.6 Å². The molecule has 0 fully saturated rings. The lowest BCUT2D eigenvalue weighted by Crippen LogP contribution is -2.10. The van der Waals surface area contributed by atoms with Crippen molar-refractivity contribution < 1.29 is 23.5 Å². The van der Waals surface area contributed by atoms with Gasteiger partial charge in [0.25, 0.3) is 0 Å². The van der Waals surface area contributed by atoms with Crippen molar-refractivity contribution in [1.29, 1.82) is 0 Å². The van der Waals surface area contributed by atoms with Crippen molar-refractivity contribution in [2.45, 2.75) is 96.8 Å². The molecule has 0 rings (SSSR count). The molecule has 0 aromatic heterocycles. The lowest BCUT2D eigenvalue weighted by molar-refractivity contribution is -0.144. The summed E-state index contributed by atoms with van der Waals surface area (Å²) >= 11 is 0. The normalized spacial score (nSPS) is 12.5. The maximum absolute atomic E-state index is 11.6. The van der Waals surface area contributed by atoms with Gasteiger partial charge in [-0.2, -0.15) is 0 Å². The maximum Gasteiger partial charge on any atom is 0.330 e. The van der Waals surface area contributed by atoms with Gasteiger partial charge in [-0.1, -0.05) is 70.4 Å². The molecule has 1 unspecified atom stereocenters.